The molecule has 1 saturated heterocycles. The zero-order valence-electron chi connectivity index (χ0n) is 24.3. The van der Waals surface area contributed by atoms with E-state index in [-0.39, 0.29) is 37.7 Å². The Morgan fingerprint density at radius 1 is 0.814 bits per heavy atom. The standard InChI is InChI=1S/C32H36O10S/c1-23-14-16-28(17-15-23)43(35,36)39-19-18-32(22-37-20-26-10-6-4-7-11-26)30(38-21-27-12-8-5-9-13-27)29(40-24(2)33)31(42-32)41-25(3)34/h4-17,29-31H,18-22H2,1-3H3/t29-,30+,31?,32-/m1/s1. The third kappa shape index (κ3) is 8.94. The van der Waals surface area contributed by atoms with Crippen LogP contribution in [0.25, 0.3) is 0 Å². The average molecular weight is 613 g/mol. The van der Waals surface area contributed by atoms with E-state index < -0.39 is 46.2 Å². The quantitative estimate of drug-likeness (QED) is 0.190. The van der Waals surface area contributed by atoms with Crippen molar-refractivity contribution in [3.63, 3.8) is 0 Å². The number of carbonyl (C=O) groups excluding carboxylic acids is 2. The first-order valence-corrected chi connectivity index (χ1v) is 15.2. The molecule has 1 aliphatic rings. The van der Waals surface area contributed by atoms with Crippen molar-refractivity contribution in [3.05, 3.63) is 102 Å². The molecule has 0 aliphatic carbocycles. The molecule has 3 aromatic carbocycles. The highest BCUT2D eigenvalue weighted by molar-refractivity contribution is 7.86. The summed E-state index contributed by atoms with van der Waals surface area (Å²) in [6, 6.07) is 25.0. The fourth-order valence-electron chi connectivity index (χ4n) is 4.78. The van der Waals surface area contributed by atoms with Crippen LogP contribution in [0.15, 0.2) is 89.8 Å². The molecule has 3 aromatic rings. The van der Waals surface area contributed by atoms with Crippen LogP contribution in [0.3, 0.4) is 0 Å². The molecule has 4 atom stereocenters. The number of esters is 2. The molecule has 1 unspecified atom stereocenters. The van der Waals surface area contributed by atoms with Crippen LogP contribution in [-0.2, 0) is 60.8 Å². The average Bonchev–Trinajstić information content (AvgIpc) is 3.23. The Hall–Kier alpha value is -3.61. The maximum absolute atomic E-state index is 13.0. The number of aryl methyl sites for hydroxylation is 1. The predicted molar refractivity (Wildman–Crippen MR) is 155 cm³/mol. The summed E-state index contributed by atoms with van der Waals surface area (Å²) in [5.74, 6) is -1.30. The van der Waals surface area contributed by atoms with Gasteiger partial charge in [0.05, 0.1) is 31.3 Å². The zero-order chi connectivity index (χ0) is 30.9. The van der Waals surface area contributed by atoms with Gasteiger partial charge in [0.1, 0.15) is 11.7 Å². The van der Waals surface area contributed by atoms with Gasteiger partial charge >= 0.3 is 11.9 Å². The van der Waals surface area contributed by atoms with Gasteiger partial charge in [-0.25, -0.2) is 0 Å². The van der Waals surface area contributed by atoms with Crippen LogP contribution >= 0.6 is 0 Å². The number of hydrogen-bond donors (Lipinski definition) is 0. The van der Waals surface area contributed by atoms with Crippen molar-refractivity contribution in [1.82, 2.24) is 0 Å². The summed E-state index contributed by atoms with van der Waals surface area (Å²) in [6.45, 7) is 4.14. The minimum atomic E-state index is -4.10. The van der Waals surface area contributed by atoms with Gasteiger partial charge in [-0.05, 0) is 30.2 Å². The van der Waals surface area contributed by atoms with E-state index in [1.54, 1.807) is 12.1 Å². The molecule has 1 aliphatic heterocycles. The summed E-state index contributed by atoms with van der Waals surface area (Å²) in [7, 11) is -4.10. The Labute approximate surface area is 251 Å². The lowest BCUT2D eigenvalue weighted by Gasteiger charge is -2.34. The van der Waals surface area contributed by atoms with Gasteiger partial charge in [0, 0.05) is 20.3 Å². The van der Waals surface area contributed by atoms with E-state index in [1.807, 2.05) is 67.6 Å². The predicted octanol–water partition coefficient (Wildman–Crippen LogP) is 4.48. The van der Waals surface area contributed by atoms with Gasteiger partial charge in [0.15, 0.2) is 6.10 Å². The van der Waals surface area contributed by atoms with Crippen LogP contribution in [0.2, 0.25) is 0 Å². The van der Waals surface area contributed by atoms with Crippen LogP contribution in [-0.4, -0.2) is 57.7 Å². The van der Waals surface area contributed by atoms with Crippen LogP contribution < -0.4 is 0 Å². The second-order valence-electron chi connectivity index (χ2n) is 10.3. The molecule has 0 bridgehead atoms. The normalized spacial score (nSPS) is 21.8. The number of hydrogen-bond acceptors (Lipinski definition) is 10. The highest BCUT2D eigenvalue weighted by Gasteiger charge is 2.59. The summed E-state index contributed by atoms with van der Waals surface area (Å²) in [5, 5.41) is 0. The third-order valence-electron chi connectivity index (χ3n) is 6.82. The zero-order valence-corrected chi connectivity index (χ0v) is 25.2. The molecular weight excluding hydrogens is 576 g/mol. The molecule has 0 radical (unpaired) electrons. The summed E-state index contributed by atoms with van der Waals surface area (Å²) in [5.41, 5.74) is 1.19. The van der Waals surface area contributed by atoms with Crippen molar-refractivity contribution in [3.8, 4) is 0 Å². The molecule has 1 fully saturated rings. The first-order chi connectivity index (χ1) is 20.6. The molecule has 43 heavy (non-hydrogen) atoms. The van der Waals surface area contributed by atoms with Crippen LogP contribution in [0.1, 0.15) is 37.0 Å². The number of rotatable bonds is 14. The van der Waals surface area contributed by atoms with Crippen molar-refractivity contribution in [2.24, 2.45) is 0 Å². The van der Waals surface area contributed by atoms with Gasteiger partial charge in [-0.3, -0.25) is 13.8 Å². The molecule has 0 spiro atoms. The van der Waals surface area contributed by atoms with E-state index in [0.717, 1.165) is 16.7 Å². The summed E-state index contributed by atoms with van der Waals surface area (Å²) in [4.78, 5) is 24.2. The first-order valence-electron chi connectivity index (χ1n) is 13.8. The summed E-state index contributed by atoms with van der Waals surface area (Å²) >= 11 is 0. The monoisotopic (exact) mass is 612 g/mol. The van der Waals surface area contributed by atoms with Gasteiger partial charge < -0.3 is 23.7 Å². The van der Waals surface area contributed by atoms with E-state index in [9.17, 15) is 18.0 Å². The second kappa shape index (κ2) is 14.7. The maximum atomic E-state index is 13.0. The molecule has 0 N–H and O–H groups in total. The molecule has 4 rings (SSSR count). The molecule has 0 saturated carbocycles. The lowest BCUT2D eigenvalue weighted by Crippen LogP contribution is -2.50. The van der Waals surface area contributed by atoms with Crippen molar-refractivity contribution in [2.75, 3.05) is 13.2 Å². The highest BCUT2D eigenvalue weighted by Crippen LogP contribution is 2.40. The Morgan fingerprint density at radius 2 is 1.40 bits per heavy atom. The second-order valence-corrected chi connectivity index (χ2v) is 11.9. The summed E-state index contributed by atoms with van der Waals surface area (Å²) in [6.07, 6.45) is -3.60. The topological polar surface area (TPSA) is 124 Å². The maximum Gasteiger partial charge on any atom is 0.305 e. The number of carbonyl (C=O) groups is 2. The lowest BCUT2D eigenvalue weighted by atomic mass is 9.92. The molecule has 0 aromatic heterocycles. The Kier molecular flexibility index (Phi) is 11.1. The van der Waals surface area contributed by atoms with E-state index >= 15 is 0 Å². The van der Waals surface area contributed by atoms with Crippen molar-refractivity contribution < 1.29 is 45.9 Å². The largest absolute Gasteiger partial charge is 0.453 e. The van der Waals surface area contributed by atoms with Crippen molar-refractivity contribution in [2.45, 2.75) is 69.4 Å². The van der Waals surface area contributed by atoms with E-state index in [2.05, 4.69) is 0 Å². The van der Waals surface area contributed by atoms with E-state index in [0.29, 0.717) is 0 Å². The minimum Gasteiger partial charge on any atom is -0.453 e. The van der Waals surface area contributed by atoms with Gasteiger partial charge in [-0.15, -0.1) is 0 Å². The Bertz CT molecular complexity index is 1440. The fraction of sp³-hybridized carbons (Fsp3) is 0.375. The fourth-order valence-corrected chi connectivity index (χ4v) is 5.69. The smallest absolute Gasteiger partial charge is 0.305 e. The molecule has 1 heterocycles. The third-order valence-corrected chi connectivity index (χ3v) is 8.15. The van der Waals surface area contributed by atoms with Crippen molar-refractivity contribution in [1.29, 1.82) is 0 Å². The van der Waals surface area contributed by atoms with Gasteiger partial charge in [0.2, 0.25) is 6.29 Å². The molecular formula is C32H36O10S. The first kappa shape index (κ1) is 32.3. The van der Waals surface area contributed by atoms with Gasteiger partial charge in [-0.1, -0.05) is 78.4 Å². The highest BCUT2D eigenvalue weighted by atomic mass is 32.2. The van der Waals surface area contributed by atoms with Crippen molar-refractivity contribution >= 4 is 22.1 Å². The molecule has 10 nitrogen and oxygen atoms in total. The lowest BCUT2D eigenvalue weighted by molar-refractivity contribution is -0.214. The number of ether oxygens (including phenoxy) is 5. The van der Waals surface area contributed by atoms with Gasteiger partial charge in [0.25, 0.3) is 10.1 Å². The van der Waals surface area contributed by atoms with Crippen LogP contribution in [0, 0.1) is 6.92 Å². The molecule has 11 heteroatoms. The summed E-state index contributed by atoms with van der Waals surface area (Å²) < 4.78 is 61.1. The van der Waals surface area contributed by atoms with Crippen LogP contribution in [0.4, 0.5) is 0 Å². The van der Waals surface area contributed by atoms with Crippen LogP contribution in [0.5, 0.6) is 0 Å². The van der Waals surface area contributed by atoms with E-state index in [4.69, 9.17) is 27.9 Å². The van der Waals surface area contributed by atoms with Gasteiger partial charge in [-0.2, -0.15) is 8.42 Å². The molecule has 230 valence electrons. The SMILES string of the molecule is CC(=O)OC1O[C@](CCOS(=O)(=O)c2ccc(C)cc2)(COCc2ccccc2)[C@@H](OCc2ccccc2)[C@H]1OC(C)=O. The number of benzene rings is 3. The Morgan fingerprint density at radius 3 is 1.98 bits per heavy atom. The minimum absolute atomic E-state index is 0.00674. The molecule has 0 amide bonds. The van der Waals surface area contributed by atoms with E-state index in [1.165, 1.54) is 26.0 Å². The Balaban J connectivity index is 1.64.